The van der Waals surface area contributed by atoms with Crippen LogP contribution in [0.4, 0.5) is 0 Å². The van der Waals surface area contributed by atoms with Crippen LogP contribution in [0.3, 0.4) is 0 Å². The Hall–Kier alpha value is -3.09. The summed E-state index contributed by atoms with van der Waals surface area (Å²) in [4.78, 5) is 15.0. The second-order valence-electron chi connectivity index (χ2n) is 11.9. The van der Waals surface area contributed by atoms with Gasteiger partial charge in [0, 0.05) is 35.6 Å². The standard InChI is InChI=1S/C29H45N5O2/c1-11-22(25(35)16-23(12-2)33(13-3)28(8,9)20-27(5,6)7)19-30-32-26(36)24-14-15-31-34(24)29(10)17-21(4)18-29/h11-12,14-16,19,21,35H,1-2,13,17-18,20H2,3-10H3,(H,32,36)/b23-16+,25-22-,30-19-. The van der Waals surface area contributed by atoms with Gasteiger partial charge in [-0.15, -0.1) is 0 Å². The van der Waals surface area contributed by atoms with E-state index in [4.69, 9.17) is 0 Å². The zero-order valence-corrected chi connectivity index (χ0v) is 23.4. The molecular formula is C29H45N5O2. The van der Waals surface area contributed by atoms with Crippen LogP contribution in [0.25, 0.3) is 0 Å². The molecule has 0 aromatic carbocycles. The highest BCUT2D eigenvalue weighted by Crippen LogP contribution is 2.43. The normalized spacial score (nSPS) is 21.6. The first-order valence-electron chi connectivity index (χ1n) is 12.7. The summed E-state index contributed by atoms with van der Waals surface area (Å²) in [5, 5.41) is 19.3. The van der Waals surface area contributed by atoms with Gasteiger partial charge in [-0.2, -0.15) is 10.2 Å². The van der Waals surface area contributed by atoms with E-state index in [2.05, 4.69) is 89.1 Å². The molecule has 1 saturated carbocycles. The van der Waals surface area contributed by atoms with Gasteiger partial charge >= 0.3 is 0 Å². The van der Waals surface area contributed by atoms with Crippen molar-refractivity contribution in [1.82, 2.24) is 20.1 Å². The monoisotopic (exact) mass is 495 g/mol. The first kappa shape index (κ1) is 29.1. The van der Waals surface area contributed by atoms with Crippen molar-refractivity contribution < 1.29 is 9.90 Å². The minimum absolute atomic E-state index is 0.0103. The fourth-order valence-electron chi connectivity index (χ4n) is 5.78. The first-order valence-corrected chi connectivity index (χ1v) is 12.7. The van der Waals surface area contributed by atoms with Crippen molar-refractivity contribution in [2.75, 3.05) is 6.54 Å². The summed E-state index contributed by atoms with van der Waals surface area (Å²) in [6, 6.07) is 1.69. The number of carbonyl (C=O) groups excluding carboxylic acids is 1. The molecule has 0 unspecified atom stereocenters. The van der Waals surface area contributed by atoms with E-state index in [1.165, 1.54) is 12.3 Å². The highest BCUT2D eigenvalue weighted by molar-refractivity contribution is 5.93. The highest BCUT2D eigenvalue weighted by atomic mass is 16.3. The number of hydrazone groups is 1. The van der Waals surface area contributed by atoms with Crippen LogP contribution in [0.1, 0.15) is 85.1 Å². The second kappa shape index (κ2) is 11.3. The van der Waals surface area contributed by atoms with Crippen LogP contribution < -0.4 is 5.43 Å². The first-order chi connectivity index (χ1) is 16.7. The number of aliphatic hydroxyl groups is 1. The summed E-state index contributed by atoms with van der Waals surface area (Å²) in [6.45, 7) is 26.0. The molecular weight excluding hydrogens is 450 g/mol. The van der Waals surface area contributed by atoms with Crippen LogP contribution >= 0.6 is 0 Å². The van der Waals surface area contributed by atoms with Crippen molar-refractivity contribution in [3.05, 3.63) is 66.4 Å². The third kappa shape index (κ3) is 6.99. The van der Waals surface area contributed by atoms with E-state index in [1.54, 1.807) is 29.1 Å². The average Bonchev–Trinajstić information content (AvgIpc) is 3.24. The lowest BCUT2D eigenvalue weighted by atomic mass is 9.70. The van der Waals surface area contributed by atoms with Crippen molar-refractivity contribution >= 4 is 12.1 Å². The maximum atomic E-state index is 12.8. The molecule has 1 heterocycles. The zero-order valence-electron chi connectivity index (χ0n) is 23.4. The number of nitrogens with one attached hydrogen (secondary N) is 1. The van der Waals surface area contributed by atoms with Gasteiger partial charge in [-0.3, -0.25) is 9.48 Å². The van der Waals surface area contributed by atoms with Gasteiger partial charge in [-0.1, -0.05) is 46.9 Å². The summed E-state index contributed by atoms with van der Waals surface area (Å²) in [6.07, 6.45) is 10.9. The minimum Gasteiger partial charge on any atom is -0.507 e. The fourth-order valence-corrected chi connectivity index (χ4v) is 5.78. The van der Waals surface area contributed by atoms with Gasteiger partial charge in [-0.05, 0) is 70.4 Å². The van der Waals surface area contributed by atoms with Crippen LogP contribution in [0.2, 0.25) is 0 Å². The largest absolute Gasteiger partial charge is 0.507 e. The maximum absolute atomic E-state index is 12.8. The van der Waals surface area contributed by atoms with Crippen molar-refractivity contribution in [2.45, 2.75) is 85.7 Å². The number of nitrogens with zero attached hydrogens (tertiary/aromatic N) is 4. The molecule has 1 aliphatic carbocycles. The fraction of sp³-hybridized carbons (Fsp3) is 0.552. The van der Waals surface area contributed by atoms with E-state index < -0.39 is 0 Å². The number of likely N-dealkylation sites (N-methyl/N-ethyl adjacent to an activating group) is 1. The van der Waals surface area contributed by atoms with Crippen molar-refractivity contribution in [3.8, 4) is 0 Å². The Labute approximate surface area is 217 Å². The molecule has 2 N–H and O–H groups in total. The number of aliphatic hydroxyl groups excluding tert-OH is 1. The lowest BCUT2D eigenvalue weighted by molar-refractivity contribution is 0.0731. The maximum Gasteiger partial charge on any atom is 0.289 e. The van der Waals surface area contributed by atoms with Gasteiger partial charge in [-0.25, -0.2) is 5.43 Å². The van der Waals surface area contributed by atoms with Crippen LogP contribution in [0, 0.1) is 11.3 Å². The van der Waals surface area contributed by atoms with E-state index in [9.17, 15) is 9.90 Å². The lowest BCUT2D eigenvalue weighted by Crippen LogP contribution is -2.45. The molecule has 0 atom stereocenters. The van der Waals surface area contributed by atoms with Crippen LogP contribution in [-0.2, 0) is 5.54 Å². The Kier molecular flexibility index (Phi) is 9.16. The van der Waals surface area contributed by atoms with Gasteiger partial charge in [0.2, 0.25) is 0 Å². The SMILES string of the molecule is C=CC(/C=N\NC(=O)c1ccnn1C1(C)CC(C)C1)=C(O)\C=C(/C=C)N(CC)C(C)(C)CC(C)(C)C. The van der Waals surface area contributed by atoms with Crippen molar-refractivity contribution in [2.24, 2.45) is 16.4 Å². The third-order valence-corrected chi connectivity index (χ3v) is 6.66. The quantitative estimate of drug-likeness (QED) is 0.162. The van der Waals surface area contributed by atoms with E-state index in [1.807, 2.05) is 0 Å². The Balaban J connectivity index is 2.22. The molecule has 0 saturated heterocycles. The molecule has 1 fully saturated rings. The second-order valence-corrected chi connectivity index (χ2v) is 11.9. The molecule has 7 heteroatoms. The molecule has 0 bridgehead atoms. The van der Waals surface area contributed by atoms with Gasteiger partial charge < -0.3 is 10.0 Å². The Morgan fingerprint density at radius 3 is 2.44 bits per heavy atom. The van der Waals surface area contributed by atoms with E-state index in [-0.39, 0.29) is 28.2 Å². The van der Waals surface area contributed by atoms with E-state index in [0.29, 0.717) is 17.2 Å². The molecule has 198 valence electrons. The number of amides is 1. The Morgan fingerprint density at radius 1 is 1.31 bits per heavy atom. The molecule has 1 amide bonds. The summed E-state index contributed by atoms with van der Waals surface area (Å²) < 4.78 is 1.79. The number of hydrogen-bond acceptors (Lipinski definition) is 5. The summed E-state index contributed by atoms with van der Waals surface area (Å²) >= 11 is 0. The number of hydrogen-bond donors (Lipinski definition) is 2. The topological polar surface area (TPSA) is 82.8 Å². The Bertz CT molecular complexity index is 1050. The molecule has 0 radical (unpaired) electrons. The van der Waals surface area contributed by atoms with Crippen LogP contribution in [0.5, 0.6) is 0 Å². The molecule has 1 aromatic rings. The third-order valence-electron chi connectivity index (χ3n) is 6.66. The van der Waals surface area contributed by atoms with Gasteiger partial charge in [0.1, 0.15) is 11.5 Å². The average molecular weight is 496 g/mol. The minimum atomic E-state index is -0.351. The molecule has 7 nitrogen and oxygen atoms in total. The van der Waals surface area contributed by atoms with Crippen molar-refractivity contribution in [1.29, 1.82) is 0 Å². The van der Waals surface area contributed by atoms with Crippen LogP contribution in [-0.4, -0.2) is 44.0 Å². The molecule has 1 aromatic heterocycles. The number of allylic oxidation sites excluding steroid dienone is 4. The molecule has 0 spiro atoms. The smallest absolute Gasteiger partial charge is 0.289 e. The molecule has 2 rings (SSSR count). The van der Waals surface area contributed by atoms with Crippen molar-refractivity contribution in [3.63, 3.8) is 0 Å². The predicted molar refractivity (Wildman–Crippen MR) is 149 cm³/mol. The summed E-state index contributed by atoms with van der Waals surface area (Å²) in [5.74, 6) is 0.257. The van der Waals surface area contributed by atoms with E-state index in [0.717, 1.165) is 31.5 Å². The number of carbonyl (C=O) groups is 1. The zero-order chi connectivity index (χ0) is 27.3. The van der Waals surface area contributed by atoms with E-state index >= 15 is 0 Å². The van der Waals surface area contributed by atoms with Gasteiger partial charge in [0.05, 0.1) is 11.8 Å². The molecule has 1 aliphatic rings. The highest BCUT2D eigenvalue weighted by Gasteiger charge is 2.41. The lowest BCUT2D eigenvalue weighted by Gasteiger charge is -2.44. The number of rotatable bonds is 11. The van der Waals surface area contributed by atoms with Gasteiger partial charge in [0.15, 0.2) is 0 Å². The molecule has 36 heavy (non-hydrogen) atoms. The summed E-state index contributed by atoms with van der Waals surface area (Å²) in [7, 11) is 0. The predicted octanol–water partition coefficient (Wildman–Crippen LogP) is 6.35. The number of aromatic nitrogens is 2. The van der Waals surface area contributed by atoms with Gasteiger partial charge in [0.25, 0.3) is 5.91 Å². The summed E-state index contributed by atoms with van der Waals surface area (Å²) in [5.41, 5.74) is 4.03. The Morgan fingerprint density at radius 2 is 1.94 bits per heavy atom. The molecule has 0 aliphatic heterocycles. The van der Waals surface area contributed by atoms with Crippen LogP contribution in [0.15, 0.2) is 65.8 Å².